The van der Waals surface area contributed by atoms with Gasteiger partial charge in [-0.25, -0.2) is 17.9 Å². The van der Waals surface area contributed by atoms with Gasteiger partial charge < -0.3 is 11.1 Å². The van der Waals surface area contributed by atoms with E-state index in [1.54, 1.807) is 28.9 Å². The van der Waals surface area contributed by atoms with Gasteiger partial charge in [-0.15, -0.1) is 5.10 Å². The summed E-state index contributed by atoms with van der Waals surface area (Å²) in [5.41, 5.74) is 8.63. The molecule has 0 unspecified atom stereocenters. The van der Waals surface area contributed by atoms with Crippen molar-refractivity contribution in [2.75, 3.05) is 31.2 Å². The molecule has 0 saturated carbocycles. The number of fused-ring (bicyclic) bond motifs is 1. The van der Waals surface area contributed by atoms with Gasteiger partial charge in [0.1, 0.15) is 0 Å². The van der Waals surface area contributed by atoms with Gasteiger partial charge in [0.15, 0.2) is 9.84 Å². The van der Waals surface area contributed by atoms with E-state index in [1.165, 1.54) is 6.26 Å². The van der Waals surface area contributed by atoms with Crippen molar-refractivity contribution in [3.63, 3.8) is 0 Å². The standard InChI is InChI=1S/C27H27N7O3S/c1-38(36,37)23-4-2-3-19(15-23)24-10-9-22-16-30-26(32-34(22)24)31-21-7-5-20(6-8-21)27(18-28)11-13-33(14-12-27)17-25(29)35/h2-10,15-16H,11-14,17H2,1H3,(H2,29,35)(H,31,32). The van der Waals surface area contributed by atoms with Crippen LogP contribution < -0.4 is 11.1 Å². The smallest absolute Gasteiger partial charge is 0.245 e. The zero-order valence-electron chi connectivity index (χ0n) is 20.8. The normalized spacial score (nSPS) is 15.7. The quantitative estimate of drug-likeness (QED) is 0.372. The van der Waals surface area contributed by atoms with Gasteiger partial charge in [-0.3, -0.25) is 9.69 Å². The van der Waals surface area contributed by atoms with Crippen LogP contribution in [-0.4, -0.2) is 59.7 Å². The number of amides is 1. The van der Waals surface area contributed by atoms with E-state index in [-0.39, 0.29) is 17.3 Å². The molecule has 10 nitrogen and oxygen atoms in total. The van der Waals surface area contributed by atoms with Gasteiger partial charge in [0.2, 0.25) is 11.9 Å². The summed E-state index contributed by atoms with van der Waals surface area (Å²) in [6.45, 7) is 1.48. The molecule has 2 aromatic heterocycles. The predicted molar refractivity (Wildman–Crippen MR) is 143 cm³/mol. The monoisotopic (exact) mass is 529 g/mol. The van der Waals surface area contributed by atoms with E-state index in [1.807, 2.05) is 47.4 Å². The molecule has 11 heteroatoms. The molecule has 0 spiro atoms. The Labute approximate surface area is 220 Å². The number of hydrogen-bond acceptors (Lipinski definition) is 8. The molecule has 3 N–H and O–H groups in total. The van der Waals surface area contributed by atoms with Crippen molar-refractivity contribution in [2.45, 2.75) is 23.2 Å². The van der Waals surface area contributed by atoms with E-state index in [4.69, 9.17) is 5.73 Å². The van der Waals surface area contributed by atoms with Gasteiger partial charge in [-0.1, -0.05) is 24.3 Å². The third-order valence-electron chi connectivity index (χ3n) is 6.95. The lowest BCUT2D eigenvalue weighted by molar-refractivity contribution is -0.119. The highest BCUT2D eigenvalue weighted by Crippen LogP contribution is 2.35. The summed E-state index contributed by atoms with van der Waals surface area (Å²) in [6, 6.07) is 20.7. The molecule has 1 fully saturated rings. The van der Waals surface area contributed by atoms with Crippen LogP contribution in [0.1, 0.15) is 18.4 Å². The Balaban J connectivity index is 1.36. The molecule has 2 aromatic carbocycles. The van der Waals surface area contributed by atoms with Crippen LogP contribution in [0.2, 0.25) is 0 Å². The number of hydrogen-bond donors (Lipinski definition) is 2. The van der Waals surface area contributed by atoms with Gasteiger partial charge in [-0.05, 0) is 54.8 Å². The van der Waals surface area contributed by atoms with Crippen LogP contribution >= 0.6 is 0 Å². The fourth-order valence-corrected chi connectivity index (χ4v) is 5.51. The fourth-order valence-electron chi connectivity index (χ4n) is 4.84. The minimum atomic E-state index is -3.34. The molecule has 4 aromatic rings. The number of carbonyl (C=O) groups is 1. The highest BCUT2D eigenvalue weighted by Gasteiger charge is 2.36. The van der Waals surface area contributed by atoms with Crippen LogP contribution in [-0.2, 0) is 20.0 Å². The zero-order chi connectivity index (χ0) is 26.9. The van der Waals surface area contributed by atoms with Crippen LogP contribution in [0.3, 0.4) is 0 Å². The number of nitrogens with zero attached hydrogens (tertiary/aromatic N) is 5. The van der Waals surface area contributed by atoms with Crippen LogP contribution in [0.25, 0.3) is 16.8 Å². The third-order valence-corrected chi connectivity index (χ3v) is 8.06. The lowest BCUT2D eigenvalue weighted by Crippen LogP contribution is -2.45. The summed E-state index contributed by atoms with van der Waals surface area (Å²) in [5.74, 6) is 0.0106. The Bertz CT molecular complexity index is 1650. The van der Waals surface area contributed by atoms with E-state index >= 15 is 0 Å². The van der Waals surface area contributed by atoms with Crippen molar-refractivity contribution in [3.05, 3.63) is 72.4 Å². The van der Waals surface area contributed by atoms with E-state index in [0.717, 1.165) is 28.0 Å². The van der Waals surface area contributed by atoms with E-state index < -0.39 is 15.3 Å². The average Bonchev–Trinajstić information content (AvgIpc) is 3.32. The number of aromatic nitrogens is 3. The largest absolute Gasteiger partial charge is 0.369 e. The van der Waals surface area contributed by atoms with Crippen LogP contribution in [0, 0.1) is 11.3 Å². The van der Waals surface area contributed by atoms with E-state index in [0.29, 0.717) is 31.9 Å². The van der Waals surface area contributed by atoms with Crippen molar-refractivity contribution in [1.82, 2.24) is 19.5 Å². The SMILES string of the molecule is CS(=O)(=O)c1cccc(-c2ccc3cnc(Nc4ccc(C5(C#N)CCN(CC(N)=O)CC5)cc4)nn23)c1. The lowest BCUT2D eigenvalue weighted by atomic mass is 9.74. The second-order valence-electron chi connectivity index (χ2n) is 9.58. The van der Waals surface area contributed by atoms with Gasteiger partial charge >= 0.3 is 0 Å². The molecular formula is C27H27N7O3S. The lowest BCUT2D eigenvalue weighted by Gasteiger charge is -2.37. The number of benzene rings is 2. The number of sulfone groups is 1. The number of primary amides is 1. The molecule has 0 atom stereocenters. The Morgan fingerprint density at radius 1 is 1.13 bits per heavy atom. The fraction of sp³-hybridized carbons (Fsp3) is 0.259. The van der Waals surface area contributed by atoms with Crippen molar-refractivity contribution in [2.24, 2.45) is 5.73 Å². The summed E-state index contributed by atoms with van der Waals surface area (Å²) in [4.78, 5) is 17.9. The molecule has 0 aliphatic carbocycles. The highest BCUT2D eigenvalue weighted by molar-refractivity contribution is 7.90. The second-order valence-corrected chi connectivity index (χ2v) is 11.6. The molecule has 38 heavy (non-hydrogen) atoms. The third kappa shape index (κ3) is 5.09. The minimum absolute atomic E-state index is 0.209. The first-order chi connectivity index (χ1) is 18.2. The molecule has 0 bridgehead atoms. The number of nitrogens with one attached hydrogen (secondary N) is 1. The predicted octanol–water partition coefficient (Wildman–Crippen LogP) is 2.89. The maximum atomic E-state index is 12.0. The second kappa shape index (κ2) is 9.89. The molecule has 3 heterocycles. The molecule has 1 amide bonds. The Morgan fingerprint density at radius 3 is 2.53 bits per heavy atom. The number of piperidine rings is 1. The van der Waals surface area contributed by atoms with Crippen molar-refractivity contribution >= 4 is 32.9 Å². The van der Waals surface area contributed by atoms with Crippen LogP contribution in [0.15, 0.2) is 71.8 Å². The van der Waals surface area contributed by atoms with Crippen molar-refractivity contribution < 1.29 is 13.2 Å². The number of anilines is 2. The first-order valence-corrected chi connectivity index (χ1v) is 14.0. The zero-order valence-corrected chi connectivity index (χ0v) is 21.6. The molecule has 5 rings (SSSR count). The Hall–Kier alpha value is -4.27. The number of likely N-dealkylation sites (tertiary alicyclic amines) is 1. The summed E-state index contributed by atoms with van der Waals surface area (Å²) in [6.07, 6.45) is 4.13. The molecule has 1 aliphatic rings. The van der Waals surface area contributed by atoms with Crippen molar-refractivity contribution in [1.29, 1.82) is 5.26 Å². The summed E-state index contributed by atoms with van der Waals surface area (Å²) in [7, 11) is -3.34. The molecular weight excluding hydrogens is 502 g/mol. The molecule has 1 saturated heterocycles. The Kier molecular flexibility index (Phi) is 6.60. The van der Waals surface area contributed by atoms with Gasteiger partial charge in [0.05, 0.1) is 40.3 Å². The first kappa shape index (κ1) is 25.4. The number of nitriles is 1. The van der Waals surface area contributed by atoms with Gasteiger partial charge in [0.25, 0.3) is 0 Å². The minimum Gasteiger partial charge on any atom is -0.369 e. The topological polar surface area (TPSA) is 146 Å². The highest BCUT2D eigenvalue weighted by atomic mass is 32.2. The summed E-state index contributed by atoms with van der Waals surface area (Å²) < 4.78 is 25.7. The molecule has 0 radical (unpaired) electrons. The number of nitrogens with two attached hydrogens (primary N) is 1. The summed E-state index contributed by atoms with van der Waals surface area (Å²) in [5, 5.41) is 17.8. The van der Waals surface area contributed by atoms with E-state index in [2.05, 4.69) is 21.5 Å². The molecule has 1 aliphatic heterocycles. The maximum absolute atomic E-state index is 12.0. The van der Waals surface area contributed by atoms with Crippen molar-refractivity contribution in [3.8, 4) is 17.3 Å². The molecule has 194 valence electrons. The van der Waals surface area contributed by atoms with Gasteiger partial charge in [0, 0.05) is 30.6 Å². The number of carbonyl (C=O) groups excluding carboxylic acids is 1. The Morgan fingerprint density at radius 2 is 1.87 bits per heavy atom. The summed E-state index contributed by atoms with van der Waals surface area (Å²) >= 11 is 0. The van der Waals surface area contributed by atoms with Crippen LogP contribution in [0.4, 0.5) is 11.6 Å². The average molecular weight is 530 g/mol. The van der Waals surface area contributed by atoms with E-state index in [9.17, 15) is 18.5 Å². The number of rotatable bonds is 7. The van der Waals surface area contributed by atoms with Gasteiger partial charge in [-0.2, -0.15) is 5.26 Å². The first-order valence-electron chi connectivity index (χ1n) is 12.1. The maximum Gasteiger partial charge on any atom is 0.245 e. The van der Waals surface area contributed by atoms with Crippen LogP contribution in [0.5, 0.6) is 0 Å².